The van der Waals surface area contributed by atoms with E-state index in [1.807, 2.05) is 11.4 Å². The highest BCUT2D eigenvalue weighted by atomic mass is 32.1. The summed E-state index contributed by atoms with van der Waals surface area (Å²) in [6.07, 6.45) is 3.33. The van der Waals surface area contributed by atoms with E-state index in [0.717, 1.165) is 35.4 Å². The summed E-state index contributed by atoms with van der Waals surface area (Å²) in [5.41, 5.74) is 1.60. The molecule has 7 nitrogen and oxygen atoms in total. The average Bonchev–Trinajstić information content (AvgIpc) is 3.27. The number of fused-ring (bicyclic) bond motifs is 1. The van der Waals surface area contributed by atoms with Gasteiger partial charge in [-0.2, -0.15) is 0 Å². The molecule has 0 spiro atoms. The number of anilines is 2. The van der Waals surface area contributed by atoms with E-state index in [1.54, 1.807) is 23.2 Å². The molecular weight excluding hydrogens is 320 g/mol. The monoisotopic (exact) mass is 332 g/mol. The molecular formula is C13H12N6OS2. The third-order valence-corrected chi connectivity index (χ3v) is 5.09. The Bertz CT molecular complexity index is 802. The fourth-order valence-electron chi connectivity index (χ4n) is 2.71. The highest BCUT2D eigenvalue weighted by Gasteiger charge is 2.33. The first-order valence-electron chi connectivity index (χ1n) is 6.85. The molecule has 112 valence electrons. The van der Waals surface area contributed by atoms with Gasteiger partial charge in [0, 0.05) is 6.54 Å². The number of amides is 1. The zero-order valence-electron chi connectivity index (χ0n) is 11.5. The van der Waals surface area contributed by atoms with E-state index >= 15 is 0 Å². The summed E-state index contributed by atoms with van der Waals surface area (Å²) in [4.78, 5) is 24.2. The van der Waals surface area contributed by atoms with E-state index < -0.39 is 0 Å². The highest BCUT2D eigenvalue weighted by Crippen LogP contribution is 2.32. The molecule has 1 fully saturated rings. The topological polar surface area (TPSA) is 83.9 Å². The summed E-state index contributed by atoms with van der Waals surface area (Å²) in [5.74, 6) is 0.775. The second-order valence-corrected chi connectivity index (χ2v) is 6.65. The minimum atomic E-state index is -0.234. The van der Waals surface area contributed by atoms with E-state index in [2.05, 4.69) is 30.4 Å². The van der Waals surface area contributed by atoms with Gasteiger partial charge < -0.3 is 4.90 Å². The molecule has 3 aromatic heterocycles. The van der Waals surface area contributed by atoms with Crippen LogP contribution in [0.1, 0.15) is 12.8 Å². The SMILES string of the molecule is O=C(Nc1nncs1)[C@@H]1CCCN1c1ncnc2sccc12. The van der Waals surface area contributed by atoms with Crippen molar-refractivity contribution in [2.45, 2.75) is 18.9 Å². The Balaban J connectivity index is 1.63. The van der Waals surface area contributed by atoms with Crippen LogP contribution in [0.25, 0.3) is 10.2 Å². The lowest BCUT2D eigenvalue weighted by atomic mass is 10.2. The molecule has 1 aliphatic rings. The molecule has 1 saturated heterocycles. The van der Waals surface area contributed by atoms with Crippen LogP contribution in [0.2, 0.25) is 0 Å². The van der Waals surface area contributed by atoms with Gasteiger partial charge in [0.1, 0.15) is 28.5 Å². The third kappa shape index (κ3) is 2.32. The van der Waals surface area contributed by atoms with Crippen molar-refractivity contribution < 1.29 is 4.79 Å². The quantitative estimate of drug-likeness (QED) is 0.791. The number of hydrogen-bond donors (Lipinski definition) is 1. The van der Waals surface area contributed by atoms with Crippen molar-refractivity contribution in [2.75, 3.05) is 16.8 Å². The van der Waals surface area contributed by atoms with Crippen LogP contribution in [0.5, 0.6) is 0 Å². The predicted octanol–water partition coefficient (Wildman–Crippen LogP) is 2.15. The number of nitrogens with zero attached hydrogens (tertiary/aromatic N) is 5. The smallest absolute Gasteiger partial charge is 0.248 e. The van der Waals surface area contributed by atoms with Crippen LogP contribution in [-0.2, 0) is 4.79 Å². The van der Waals surface area contributed by atoms with Gasteiger partial charge in [0.25, 0.3) is 0 Å². The number of nitrogens with one attached hydrogen (secondary N) is 1. The van der Waals surface area contributed by atoms with E-state index in [0.29, 0.717) is 5.13 Å². The molecule has 0 radical (unpaired) electrons. The average molecular weight is 332 g/mol. The summed E-state index contributed by atoms with van der Waals surface area (Å²) >= 11 is 2.89. The van der Waals surface area contributed by atoms with Crippen LogP contribution in [-0.4, -0.2) is 38.7 Å². The molecule has 1 N–H and O–H groups in total. The molecule has 9 heteroatoms. The lowest BCUT2D eigenvalue weighted by Crippen LogP contribution is -2.40. The Hall–Kier alpha value is -2.13. The van der Waals surface area contributed by atoms with Gasteiger partial charge in [-0.05, 0) is 24.3 Å². The van der Waals surface area contributed by atoms with E-state index in [-0.39, 0.29) is 11.9 Å². The zero-order valence-corrected chi connectivity index (χ0v) is 13.1. The van der Waals surface area contributed by atoms with Gasteiger partial charge in [-0.25, -0.2) is 9.97 Å². The van der Waals surface area contributed by atoms with Gasteiger partial charge in [-0.3, -0.25) is 10.1 Å². The molecule has 0 aliphatic carbocycles. The van der Waals surface area contributed by atoms with Crippen LogP contribution in [0.15, 0.2) is 23.3 Å². The summed E-state index contributed by atoms with van der Waals surface area (Å²) in [6, 6.07) is 1.77. The van der Waals surface area contributed by atoms with Crippen LogP contribution >= 0.6 is 22.7 Å². The number of thiophene rings is 1. The Morgan fingerprint density at radius 3 is 3.18 bits per heavy atom. The van der Waals surface area contributed by atoms with E-state index in [1.165, 1.54) is 11.3 Å². The normalized spacial score (nSPS) is 18.0. The minimum absolute atomic E-state index is 0.0590. The van der Waals surface area contributed by atoms with Crippen LogP contribution in [0.3, 0.4) is 0 Å². The van der Waals surface area contributed by atoms with Crippen molar-refractivity contribution in [2.24, 2.45) is 0 Å². The highest BCUT2D eigenvalue weighted by molar-refractivity contribution is 7.16. The Labute approximate surface area is 134 Å². The fraction of sp³-hybridized carbons (Fsp3) is 0.308. The van der Waals surface area contributed by atoms with Crippen LogP contribution < -0.4 is 10.2 Å². The minimum Gasteiger partial charge on any atom is -0.344 e. The second-order valence-electron chi connectivity index (χ2n) is 4.92. The molecule has 0 saturated carbocycles. The molecule has 1 atom stereocenters. The first-order chi connectivity index (χ1) is 10.8. The van der Waals surface area contributed by atoms with E-state index in [4.69, 9.17) is 0 Å². The first-order valence-corrected chi connectivity index (χ1v) is 8.61. The van der Waals surface area contributed by atoms with Crippen LogP contribution in [0, 0.1) is 0 Å². The molecule has 0 bridgehead atoms. The fourth-order valence-corrected chi connectivity index (χ4v) is 3.89. The standard InChI is InChI=1S/C13H12N6OS2/c20-11(17-13-18-16-7-22-13)9-2-1-4-19(9)10-8-3-5-21-12(8)15-6-14-10/h3,5-7,9H,1-2,4H2,(H,17,18,20)/t9-/m0/s1. The lowest BCUT2D eigenvalue weighted by Gasteiger charge is -2.24. The van der Waals surface area contributed by atoms with Gasteiger partial charge in [-0.1, -0.05) is 11.3 Å². The molecule has 0 unspecified atom stereocenters. The maximum atomic E-state index is 12.5. The van der Waals surface area contributed by atoms with Crippen molar-refractivity contribution in [1.82, 2.24) is 20.2 Å². The van der Waals surface area contributed by atoms with Crippen molar-refractivity contribution in [3.05, 3.63) is 23.3 Å². The third-order valence-electron chi connectivity index (χ3n) is 3.66. The number of carbonyl (C=O) groups excluding carboxylic acids is 1. The molecule has 1 amide bonds. The van der Waals surface area contributed by atoms with Crippen molar-refractivity contribution in [1.29, 1.82) is 0 Å². The van der Waals surface area contributed by atoms with Gasteiger partial charge >= 0.3 is 0 Å². The summed E-state index contributed by atoms with van der Waals surface area (Å²) in [7, 11) is 0. The number of rotatable bonds is 3. The summed E-state index contributed by atoms with van der Waals surface area (Å²) in [6.45, 7) is 0.816. The first kappa shape index (κ1) is 13.5. The van der Waals surface area contributed by atoms with Gasteiger partial charge in [0.15, 0.2) is 0 Å². The molecule has 4 heterocycles. The van der Waals surface area contributed by atoms with Gasteiger partial charge in [0.05, 0.1) is 5.39 Å². The maximum Gasteiger partial charge on any atom is 0.248 e. The maximum absolute atomic E-state index is 12.5. The molecule has 0 aromatic carbocycles. The molecule has 4 rings (SSSR count). The Morgan fingerprint density at radius 2 is 2.32 bits per heavy atom. The van der Waals surface area contributed by atoms with E-state index in [9.17, 15) is 4.79 Å². The van der Waals surface area contributed by atoms with Crippen molar-refractivity contribution >= 4 is 49.7 Å². The van der Waals surface area contributed by atoms with Gasteiger partial charge in [0.2, 0.25) is 11.0 Å². The van der Waals surface area contributed by atoms with Gasteiger partial charge in [-0.15, -0.1) is 21.5 Å². The predicted molar refractivity (Wildman–Crippen MR) is 86.3 cm³/mol. The molecule has 3 aromatic rings. The Kier molecular flexibility index (Phi) is 3.43. The van der Waals surface area contributed by atoms with Crippen molar-refractivity contribution in [3.63, 3.8) is 0 Å². The number of hydrogen-bond acceptors (Lipinski definition) is 8. The summed E-state index contributed by atoms with van der Waals surface area (Å²) in [5, 5.41) is 14.0. The largest absolute Gasteiger partial charge is 0.344 e. The second kappa shape index (κ2) is 5.58. The number of aromatic nitrogens is 4. The Morgan fingerprint density at radius 1 is 1.36 bits per heavy atom. The van der Waals surface area contributed by atoms with Crippen LogP contribution in [0.4, 0.5) is 10.9 Å². The lowest BCUT2D eigenvalue weighted by molar-refractivity contribution is -0.117. The number of carbonyl (C=O) groups is 1. The van der Waals surface area contributed by atoms with Crippen molar-refractivity contribution in [3.8, 4) is 0 Å². The summed E-state index contributed by atoms with van der Waals surface area (Å²) < 4.78 is 0. The molecule has 22 heavy (non-hydrogen) atoms. The zero-order chi connectivity index (χ0) is 14.9. The molecule has 1 aliphatic heterocycles.